The molecule has 0 aliphatic carbocycles. The van der Waals surface area contributed by atoms with E-state index in [-0.39, 0.29) is 0 Å². The molecule has 3 saturated heterocycles. The van der Waals surface area contributed by atoms with Crippen molar-refractivity contribution in [3.63, 3.8) is 0 Å². The van der Waals surface area contributed by atoms with Crippen LogP contribution in [0.5, 0.6) is 0 Å². The van der Waals surface area contributed by atoms with Crippen molar-refractivity contribution in [2.24, 2.45) is 0 Å². The fourth-order valence-corrected chi connectivity index (χ4v) is 3.67. The number of fused-ring (bicyclic) bond motifs is 2. The fraction of sp³-hybridized carbons (Fsp3) is 0.412. The number of anilines is 1. The molecule has 0 amide bonds. The number of piperazine rings is 1. The Hall–Kier alpha value is -2.08. The van der Waals surface area contributed by atoms with Crippen LogP contribution < -0.4 is 4.90 Å². The second-order valence-corrected chi connectivity index (χ2v) is 6.36. The maximum Gasteiger partial charge on any atom is 0.132 e. The van der Waals surface area contributed by atoms with Crippen LogP contribution in [0.3, 0.4) is 0 Å². The van der Waals surface area contributed by atoms with E-state index < -0.39 is 11.6 Å². The van der Waals surface area contributed by atoms with Crippen molar-refractivity contribution < 1.29 is 8.78 Å². The van der Waals surface area contributed by atoms with E-state index in [0.717, 1.165) is 37.2 Å². The SMILES string of the molecule is Cc1nccc(N2CC3CC(C2)N3Cc2cc(F)cc(F)c2)n1. The van der Waals surface area contributed by atoms with Crippen molar-refractivity contribution in [2.45, 2.75) is 32.0 Å². The van der Waals surface area contributed by atoms with Crippen molar-refractivity contribution in [3.05, 3.63) is 53.5 Å². The first-order valence-electron chi connectivity index (χ1n) is 7.84. The largest absolute Gasteiger partial charge is 0.353 e. The number of aryl methyl sites for hydroxylation is 1. The van der Waals surface area contributed by atoms with Crippen LogP contribution in [0, 0.1) is 18.6 Å². The molecule has 23 heavy (non-hydrogen) atoms. The minimum absolute atomic E-state index is 0.412. The van der Waals surface area contributed by atoms with Crippen LogP contribution >= 0.6 is 0 Å². The Morgan fingerprint density at radius 2 is 1.83 bits per heavy atom. The zero-order valence-corrected chi connectivity index (χ0v) is 12.9. The summed E-state index contributed by atoms with van der Waals surface area (Å²) in [7, 11) is 0. The van der Waals surface area contributed by atoms with Crippen molar-refractivity contribution in [3.8, 4) is 0 Å². The van der Waals surface area contributed by atoms with Crippen LogP contribution in [0.15, 0.2) is 30.5 Å². The van der Waals surface area contributed by atoms with E-state index in [2.05, 4.69) is 19.8 Å². The lowest BCUT2D eigenvalue weighted by molar-refractivity contribution is -0.00882. The van der Waals surface area contributed by atoms with Crippen LogP contribution in [0.4, 0.5) is 14.6 Å². The van der Waals surface area contributed by atoms with Gasteiger partial charge >= 0.3 is 0 Å². The molecule has 0 N–H and O–H groups in total. The smallest absolute Gasteiger partial charge is 0.132 e. The highest BCUT2D eigenvalue weighted by Crippen LogP contribution is 2.35. The molecule has 120 valence electrons. The Morgan fingerprint density at radius 1 is 1.13 bits per heavy atom. The molecule has 0 spiro atoms. The summed E-state index contributed by atoms with van der Waals surface area (Å²) in [5, 5.41) is 0. The highest BCUT2D eigenvalue weighted by Gasteiger charge is 2.44. The number of hydrogen-bond donors (Lipinski definition) is 0. The average Bonchev–Trinajstić information content (AvgIpc) is 2.52. The predicted molar refractivity (Wildman–Crippen MR) is 83.1 cm³/mol. The van der Waals surface area contributed by atoms with E-state index in [1.807, 2.05) is 13.0 Å². The van der Waals surface area contributed by atoms with Gasteiger partial charge in [-0.05, 0) is 37.1 Å². The number of nitrogens with zero attached hydrogens (tertiary/aromatic N) is 4. The van der Waals surface area contributed by atoms with Crippen LogP contribution in [0.1, 0.15) is 17.8 Å². The van der Waals surface area contributed by atoms with E-state index in [1.54, 1.807) is 6.20 Å². The molecular formula is C17H18F2N4. The molecule has 1 aromatic carbocycles. The summed E-state index contributed by atoms with van der Waals surface area (Å²) in [6, 6.07) is 6.51. The minimum atomic E-state index is -0.510. The Morgan fingerprint density at radius 3 is 2.48 bits per heavy atom. The van der Waals surface area contributed by atoms with Gasteiger partial charge in [0.2, 0.25) is 0 Å². The molecule has 1 aromatic heterocycles. The molecule has 4 nitrogen and oxygen atoms in total. The lowest BCUT2D eigenvalue weighted by Crippen LogP contribution is -2.68. The molecule has 3 aliphatic rings. The second-order valence-electron chi connectivity index (χ2n) is 6.36. The molecule has 3 aliphatic heterocycles. The topological polar surface area (TPSA) is 32.3 Å². The maximum absolute atomic E-state index is 13.3. The molecule has 3 fully saturated rings. The normalized spacial score (nSPS) is 23.7. The van der Waals surface area contributed by atoms with Crippen molar-refractivity contribution in [1.29, 1.82) is 0 Å². The van der Waals surface area contributed by atoms with Gasteiger partial charge in [0.1, 0.15) is 23.3 Å². The standard InChI is InChI=1S/C17H18F2N4/c1-11-20-3-2-17(21-11)22-9-15-7-16(10-22)23(15)8-12-4-13(18)6-14(19)5-12/h2-6,15-16H,7-10H2,1H3. The minimum Gasteiger partial charge on any atom is -0.353 e. The monoisotopic (exact) mass is 316 g/mol. The van der Waals surface area contributed by atoms with E-state index in [0.29, 0.717) is 24.2 Å². The summed E-state index contributed by atoms with van der Waals surface area (Å²) in [4.78, 5) is 13.2. The van der Waals surface area contributed by atoms with Gasteiger partial charge in [-0.25, -0.2) is 18.7 Å². The number of hydrogen-bond acceptors (Lipinski definition) is 4. The van der Waals surface area contributed by atoms with E-state index in [1.165, 1.54) is 12.1 Å². The summed E-state index contributed by atoms with van der Waals surface area (Å²) < 4.78 is 26.7. The molecule has 6 heteroatoms. The average molecular weight is 316 g/mol. The fourth-order valence-electron chi connectivity index (χ4n) is 3.67. The summed E-state index contributed by atoms with van der Waals surface area (Å²) >= 11 is 0. The van der Waals surface area contributed by atoms with Crippen LogP contribution in [0.2, 0.25) is 0 Å². The summed E-state index contributed by atoms with van der Waals surface area (Å²) in [5.74, 6) is 0.713. The number of rotatable bonds is 3. The van der Waals surface area contributed by atoms with Crippen molar-refractivity contribution >= 4 is 5.82 Å². The molecule has 4 heterocycles. The number of piperidine rings is 1. The van der Waals surface area contributed by atoms with Gasteiger partial charge in [-0.3, -0.25) is 4.90 Å². The van der Waals surface area contributed by atoms with Gasteiger partial charge in [0.05, 0.1) is 0 Å². The lowest BCUT2D eigenvalue weighted by atomic mass is 9.86. The summed E-state index contributed by atoms with van der Waals surface area (Å²) in [5.41, 5.74) is 0.698. The zero-order chi connectivity index (χ0) is 16.0. The quantitative estimate of drug-likeness (QED) is 0.871. The number of aromatic nitrogens is 2. The molecule has 2 aromatic rings. The molecule has 5 rings (SSSR count). The van der Waals surface area contributed by atoms with E-state index in [4.69, 9.17) is 0 Å². The lowest BCUT2D eigenvalue weighted by Gasteiger charge is -2.56. The Bertz CT molecular complexity index is 704. The van der Waals surface area contributed by atoms with Crippen molar-refractivity contribution in [1.82, 2.24) is 14.9 Å². The Balaban J connectivity index is 1.45. The highest BCUT2D eigenvalue weighted by atomic mass is 19.1. The van der Waals surface area contributed by atoms with Gasteiger partial charge in [-0.2, -0.15) is 0 Å². The summed E-state index contributed by atoms with van der Waals surface area (Å²) in [6.07, 6.45) is 2.92. The third-order valence-electron chi connectivity index (χ3n) is 4.72. The molecule has 2 bridgehead atoms. The molecule has 2 unspecified atom stereocenters. The van der Waals surface area contributed by atoms with Crippen LogP contribution in [-0.4, -0.2) is 40.0 Å². The van der Waals surface area contributed by atoms with Gasteiger partial charge in [0, 0.05) is 44.0 Å². The first kappa shape index (κ1) is 14.5. The highest BCUT2D eigenvalue weighted by molar-refractivity contribution is 5.40. The van der Waals surface area contributed by atoms with Crippen LogP contribution in [0.25, 0.3) is 0 Å². The first-order valence-corrected chi connectivity index (χ1v) is 7.84. The maximum atomic E-state index is 13.3. The molecule has 0 radical (unpaired) electrons. The number of benzene rings is 1. The van der Waals surface area contributed by atoms with Crippen molar-refractivity contribution in [2.75, 3.05) is 18.0 Å². The van der Waals surface area contributed by atoms with Gasteiger partial charge in [0.25, 0.3) is 0 Å². The Labute approximate surface area is 133 Å². The van der Waals surface area contributed by atoms with Gasteiger partial charge in [-0.1, -0.05) is 0 Å². The number of halogens is 2. The van der Waals surface area contributed by atoms with E-state index >= 15 is 0 Å². The van der Waals surface area contributed by atoms with Gasteiger partial charge < -0.3 is 4.90 Å². The first-order chi connectivity index (χ1) is 11.1. The summed E-state index contributed by atoms with van der Waals surface area (Å²) in [6.45, 7) is 4.27. The van der Waals surface area contributed by atoms with Gasteiger partial charge in [0.15, 0.2) is 0 Å². The third-order valence-corrected chi connectivity index (χ3v) is 4.72. The Kier molecular flexibility index (Phi) is 3.49. The second kappa shape index (κ2) is 5.53. The molecule has 2 atom stereocenters. The molecular weight excluding hydrogens is 298 g/mol. The van der Waals surface area contributed by atoms with Gasteiger partial charge in [-0.15, -0.1) is 0 Å². The zero-order valence-electron chi connectivity index (χ0n) is 12.9. The van der Waals surface area contributed by atoms with Crippen LogP contribution in [-0.2, 0) is 6.54 Å². The molecule has 0 saturated carbocycles. The predicted octanol–water partition coefficient (Wildman–Crippen LogP) is 2.53. The third kappa shape index (κ3) is 2.79. The van der Waals surface area contributed by atoms with E-state index in [9.17, 15) is 8.78 Å².